The van der Waals surface area contributed by atoms with Gasteiger partial charge in [0.05, 0.1) is 13.4 Å². The van der Waals surface area contributed by atoms with Crippen LogP contribution in [-0.4, -0.2) is 7.11 Å². The lowest BCUT2D eigenvalue weighted by Gasteiger charge is -2.36. The largest absolute Gasteiger partial charge is 0.493 e. The van der Waals surface area contributed by atoms with Crippen molar-refractivity contribution >= 4 is 0 Å². The van der Waals surface area contributed by atoms with E-state index >= 15 is 0 Å². The van der Waals surface area contributed by atoms with Crippen molar-refractivity contribution in [2.24, 2.45) is 11.3 Å². The minimum atomic E-state index is 0.456. The van der Waals surface area contributed by atoms with Crippen LogP contribution in [0, 0.1) is 11.3 Å². The third-order valence-electron chi connectivity index (χ3n) is 5.01. The number of rotatable bonds is 6. The summed E-state index contributed by atoms with van der Waals surface area (Å²) in [6.07, 6.45) is 9.02. The summed E-state index contributed by atoms with van der Waals surface area (Å²) in [5, 5.41) is 0. The van der Waals surface area contributed by atoms with Gasteiger partial charge < -0.3 is 9.47 Å². The Balaban J connectivity index is 2.12. The molecule has 0 spiro atoms. The molecule has 0 bridgehead atoms. The summed E-state index contributed by atoms with van der Waals surface area (Å²) >= 11 is 0. The number of benzene rings is 1. The molecule has 0 aliphatic heterocycles. The highest BCUT2D eigenvalue weighted by molar-refractivity contribution is 5.43. The van der Waals surface area contributed by atoms with Gasteiger partial charge in [0.2, 0.25) is 0 Å². The zero-order valence-corrected chi connectivity index (χ0v) is 15.4. The molecule has 1 atom stereocenters. The van der Waals surface area contributed by atoms with Crippen molar-refractivity contribution in [3.05, 3.63) is 35.6 Å². The zero-order valence-electron chi connectivity index (χ0n) is 15.4. The molecule has 0 saturated heterocycles. The molecule has 2 rings (SSSR count). The van der Waals surface area contributed by atoms with Crippen molar-refractivity contribution < 1.29 is 9.47 Å². The van der Waals surface area contributed by atoms with Crippen LogP contribution in [0.5, 0.6) is 11.5 Å². The second-order valence-electron chi connectivity index (χ2n) is 7.52. The summed E-state index contributed by atoms with van der Waals surface area (Å²) < 4.78 is 11.5. The summed E-state index contributed by atoms with van der Waals surface area (Å²) in [7, 11) is 1.71. The molecule has 1 aromatic rings. The number of hydrogen-bond acceptors (Lipinski definition) is 2. The second kappa shape index (κ2) is 7.90. The fourth-order valence-electron chi connectivity index (χ4n) is 3.54. The predicted molar refractivity (Wildman–Crippen MR) is 97.1 cm³/mol. The van der Waals surface area contributed by atoms with E-state index in [9.17, 15) is 0 Å². The van der Waals surface area contributed by atoms with Gasteiger partial charge in [-0.1, -0.05) is 40.2 Å². The van der Waals surface area contributed by atoms with Crippen molar-refractivity contribution in [1.29, 1.82) is 0 Å². The van der Waals surface area contributed by atoms with Crippen LogP contribution < -0.4 is 9.47 Å². The summed E-state index contributed by atoms with van der Waals surface area (Å²) in [6, 6.07) is 6.27. The predicted octanol–water partition coefficient (Wildman–Crippen LogP) is 6.15. The first kappa shape index (κ1) is 17.9. The van der Waals surface area contributed by atoms with E-state index in [1.165, 1.54) is 30.4 Å². The maximum Gasteiger partial charge on any atom is 0.168 e. The highest BCUT2D eigenvalue weighted by Crippen LogP contribution is 2.43. The van der Waals surface area contributed by atoms with Gasteiger partial charge in [0.15, 0.2) is 11.5 Å². The molecule has 1 aromatic carbocycles. The lowest BCUT2D eigenvalue weighted by molar-refractivity contribution is 0.218. The Labute approximate surface area is 141 Å². The highest BCUT2D eigenvalue weighted by Gasteiger charge is 2.30. The quantitative estimate of drug-likeness (QED) is 0.586. The van der Waals surface area contributed by atoms with Crippen LogP contribution in [0.2, 0.25) is 0 Å². The van der Waals surface area contributed by atoms with E-state index in [-0.39, 0.29) is 0 Å². The lowest BCUT2D eigenvalue weighted by Crippen LogP contribution is -2.24. The van der Waals surface area contributed by atoms with Crippen molar-refractivity contribution in [3.63, 3.8) is 0 Å². The van der Waals surface area contributed by atoms with Crippen LogP contribution in [0.15, 0.2) is 30.0 Å². The lowest BCUT2D eigenvalue weighted by atomic mass is 9.69. The number of allylic oxidation sites excluding steroid dienone is 1. The molecular formula is C21H32O2. The minimum Gasteiger partial charge on any atom is -0.493 e. The molecule has 1 fully saturated rings. The summed E-state index contributed by atoms with van der Waals surface area (Å²) in [4.78, 5) is 0. The Morgan fingerprint density at radius 2 is 2.00 bits per heavy atom. The Morgan fingerprint density at radius 1 is 1.22 bits per heavy atom. The Bertz CT molecular complexity index is 543. The molecule has 1 aliphatic carbocycles. The van der Waals surface area contributed by atoms with Gasteiger partial charge in [0, 0.05) is 0 Å². The molecule has 23 heavy (non-hydrogen) atoms. The molecule has 1 saturated carbocycles. The van der Waals surface area contributed by atoms with Crippen LogP contribution in [0.25, 0.3) is 0 Å². The Hall–Kier alpha value is -1.44. The van der Waals surface area contributed by atoms with Crippen LogP contribution >= 0.6 is 0 Å². The summed E-state index contributed by atoms with van der Waals surface area (Å²) in [5.41, 5.74) is 3.21. The zero-order chi connectivity index (χ0) is 16.9. The molecular weight excluding hydrogens is 284 g/mol. The molecule has 1 unspecified atom stereocenters. The SMILES string of the molecule is CCCc1ccc(OC=C2CCC(C)(C)CC2CC)c(OC)c1. The van der Waals surface area contributed by atoms with E-state index in [0.717, 1.165) is 30.8 Å². The fourth-order valence-corrected chi connectivity index (χ4v) is 3.54. The first-order chi connectivity index (χ1) is 11.0. The van der Waals surface area contributed by atoms with E-state index in [2.05, 4.69) is 39.8 Å². The maximum absolute atomic E-state index is 6.01. The van der Waals surface area contributed by atoms with Gasteiger partial charge in [-0.05, 0) is 66.7 Å². The number of methoxy groups -OCH3 is 1. The van der Waals surface area contributed by atoms with E-state index in [0.29, 0.717) is 11.3 Å². The molecule has 1 aliphatic rings. The Kier molecular flexibility index (Phi) is 6.15. The molecule has 0 aromatic heterocycles. The summed E-state index contributed by atoms with van der Waals surface area (Å²) in [6.45, 7) is 9.22. The smallest absolute Gasteiger partial charge is 0.168 e. The van der Waals surface area contributed by atoms with E-state index in [1.54, 1.807) is 7.11 Å². The maximum atomic E-state index is 6.01. The molecule has 0 N–H and O–H groups in total. The van der Waals surface area contributed by atoms with Crippen LogP contribution in [0.3, 0.4) is 0 Å². The summed E-state index contributed by atoms with van der Waals surface area (Å²) in [5.74, 6) is 2.29. The topological polar surface area (TPSA) is 18.5 Å². The third-order valence-corrected chi connectivity index (χ3v) is 5.01. The van der Waals surface area contributed by atoms with Crippen LogP contribution in [0.1, 0.15) is 65.4 Å². The van der Waals surface area contributed by atoms with E-state index in [4.69, 9.17) is 9.47 Å². The van der Waals surface area contributed by atoms with Crippen molar-refractivity contribution in [1.82, 2.24) is 0 Å². The monoisotopic (exact) mass is 316 g/mol. The van der Waals surface area contributed by atoms with Gasteiger partial charge in [-0.3, -0.25) is 0 Å². The average Bonchev–Trinajstić information content (AvgIpc) is 2.54. The molecule has 0 radical (unpaired) electrons. The Morgan fingerprint density at radius 3 is 2.65 bits per heavy atom. The standard InChI is InChI=1S/C21H32O2/c1-6-8-16-9-10-19(20(13-16)22-5)23-15-18-11-12-21(3,4)14-17(18)7-2/h9-10,13,15,17H,6-8,11-12,14H2,1-5H3. The first-order valence-electron chi connectivity index (χ1n) is 9.01. The highest BCUT2D eigenvalue weighted by atomic mass is 16.5. The van der Waals surface area contributed by atoms with Crippen LogP contribution in [0.4, 0.5) is 0 Å². The van der Waals surface area contributed by atoms with E-state index in [1.807, 2.05) is 12.3 Å². The average molecular weight is 316 g/mol. The van der Waals surface area contributed by atoms with Gasteiger partial charge in [-0.2, -0.15) is 0 Å². The van der Waals surface area contributed by atoms with E-state index < -0.39 is 0 Å². The molecule has 0 amide bonds. The molecule has 0 heterocycles. The number of aryl methyl sites for hydroxylation is 1. The van der Waals surface area contributed by atoms with Crippen molar-refractivity contribution in [2.75, 3.05) is 7.11 Å². The van der Waals surface area contributed by atoms with Gasteiger partial charge in [0.25, 0.3) is 0 Å². The first-order valence-corrected chi connectivity index (χ1v) is 9.01. The number of hydrogen-bond donors (Lipinski definition) is 0. The normalized spacial score (nSPS) is 22.1. The van der Waals surface area contributed by atoms with Gasteiger partial charge >= 0.3 is 0 Å². The fraction of sp³-hybridized carbons (Fsp3) is 0.619. The molecule has 128 valence electrons. The van der Waals surface area contributed by atoms with Gasteiger partial charge in [-0.25, -0.2) is 0 Å². The van der Waals surface area contributed by atoms with Crippen molar-refractivity contribution in [2.45, 2.75) is 66.2 Å². The minimum absolute atomic E-state index is 0.456. The molecule has 2 heteroatoms. The van der Waals surface area contributed by atoms with Crippen molar-refractivity contribution in [3.8, 4) is 11.5 Å². The third kappa shape index (κ3) is 4.76. The second-order valence-corrected chi connectivity index (χ2v) is 7.52. The van der Waals surface area contributed by atoms with Gasteiger partial charge in [-0.15, -0.1) is 0 Å². The number of ether oxygens (including phenoxy) is 2. The van der Waals surface area contributed by atoms with Crippen LogP contribution in [-0.2, 0) is 6.42 Å². The molecule has 2 nitrogen and oxygen atoms in total. The van der Waals surface area contributed by atoms with Gasteiger partial charge in [0.1, 0.15) is 0 Å².